The second-order valence-electron chi connectivity index (χ2n) is 8.26. The first-order valence-corrected chi connectivity index (χ1v) is 11.9. The number of rotatable bonds is 3. The minimum atomic E-state index is 0.785. The first-order chi connectivity index (χ1) is 15.9. The van der Waals surface area contributed by atoms with Crippen LogP contribution in [0.5, 0.6) is 11.5 Å². The van der Waals surface area contributed by atoms with Crippen LogP contribution in [-0.2, 0) is 0 Å². The highest BCUT2D eigenvalue weighted by Crippen LogP contribution is 2.46. The van der Waals surface area contributed by atoms with E-state index in [1.165, 1.54) is 48.7 Å². The number of fused-ring (bicyclic) bond motifs is 4. The van der Waals surface area contributed by atoms with Crippen molar-refractivity contribution in [2.24, 2.45) is 0 Å². The second-order valence-corrected chi connectivity index (χ2v) is 9.55. The van der Waals surface area contributed by atoms with Crippen LogP contribution in [0.25, 0.3) is 43.4 Å². The van der Waals surface area contributed by atoms with Crippen molar-refractivity contribution in [3.63, 3.8) is 0 Å². The van der Waals surface area contributed by atoms with Crippen molar-refractivity contribution in [1.29, 1.82) is 0 Å². The van der Waals surface area contributed by atoms with Crippen LogP contribution in [0.1, 0.15) is 0 Å². The zero-order chi connectivity index (χ0) is 21.1. The van der Waals surface area contributed by atoms with E-state index in [9.17, 15) is 0 Å². The van der Waals surface area contributed by atoms with Gasteiger partial charge in [-0.15, -0.1) is 0 Å². The van der Waals surface area contributed by atoms with E-state index in [1.54, 1.807) is 0 Å². The summed E-state index contributed by atoms with van der Waals surface area (Å²) < 4.78 is 6.72. The number of benzene rings is 6. The molecule has 0 aliphatic carbocycles. The predicted octanol–water partition coefficient (Wildman–Crippen LogP) is 7.55. The van der Waals surface area contributed by atoms with E-state index < -0.39 is 0 Å². The highest BCUT2D eigenvalue weighted by atomic mass is 31.1. The second kappa shape index (κ2) is 6.92. The molecule has 0 saturated heterocycles. The Balaban J connectivity index is 1.54. The summed E-state index contributed by atoms with van der Waals surface area (Å²) in [4.78, 5) is 0. The molecule has 0 bridgehead atoms. The Bertz CT molecular complexity index is 1680. The molecule has 2 heteroatoms. The van der Waals surface area contributed by atoms with Gasteiger partial charge in [-0.05, 0) is 55.7 Å². The van der Waals surface area contributed by atoms with Crippen molar-refractivity contribution < 1.29 is 4.74 Å². The maximum absolute atomic E-state index is 6.72. The number of hydrogen-bond acceptors (Lipinski definition) is 1. The third kappa shape index (κ3) is 2.75. The molecule has 1 aliphatic heterocycles. The van der Waals surface area contributed by atoms with E-state index in [-0.39, 0.29) is 0 Å². The predicted molar refractivity (Wildman–Crippen MR) is 138 cm³/mol. The fourth-order valence-corrected chi connectivity index (χ4v) is 5.82. The first kappa shape index (κ1) is 18.0. The minimum Gasteiger partial charge on any atom is -0.456 e. The quantitative estimate of drug-likeness (QED) is 0.265. The average Bonchev–Trinajstić information content (AvgIpc) is 3.62. The van der Waals surface area contributed by atoms with Crippen molar-refractivity contribution in [3.8, 4) is 22.6 Å². The molecule has 150 valence electrons. The van der Waals surface area contributed by atoms with Crippen LogP contribution in [0.4, 0.5) is 0 Å². The van der Waals surface area contributed by atoms with E-state index in [4.69, 9.17) is 4.74 Å². The van der Waals surface area contributed by atoms with Gasteiger partial charge in [0.15, 0.2) is 0 Å². The van der Waals surface area contributed by atoms with Crippen LogP contribution < -0.4 is 15.3 Å². The summed E-state index contributed by atoms with van der Waals surface area (Å²) in [5.74, 6) is 1.80. The molecule has 0 radical (unpaired) electrons. The van der Waals surface area contributed by atoms with Crippen molar-refractivity contribution in [3.05, 3.63) is 109 Å². The molecule has 0 fully saturated rings. The third-order valence-corrected chi connectivity index (χ3v) is 7.54. The fraction of sp³-hybridized carbons (Fsp3) is 0. The Morgan fingerprint density at radius 1 is 0.469 bits per heavy atom. The van der Waals surface area contributed by atoms with Crippen LogP contribution in [-0.4, -0.2) is 0 Å². The van der Waals surface area contributed by atoms with E-state index in [1.807, 2.05) is 0 Å². The van der Waals surface area contributed by atoms with Crippen molar-refractivity contribution in [2.75, 3.05) is 0 Å². The fourth-order valence-electron chi connectivity index (χ4n) is 4.81. The monoisotopic (exact) mass is 426 g/mol. The van der Waals surface area contributed by atoms with Gasteiger partial charge in [0.1, 0.15) is 11.5 Å². The van der Waals surface area contributed by atoms with E-state index in [2.05, 4.69) is 109 Å². The lowest BCUT2D eigenvalue weighted by atomic mass is 9.93. The van der Waals surface area contributed by atoms with E-state index in [0.29, 0.717) is 0 Å². The highest BCUT2D eigenvalue weighted by Gasteiger charge is 2.27. The Labute approximate surface area is 188 Å². The number of hydrogen-bond donors (Lipinski definition) is 0. The summed E-state index contributed by atoms with van der Waals surface area (Å²) in [7, 11) is 0.785. The smallest absolute Gasteiger partial charge is 0.135 e. The Hall–Kier alpha value is -3.67. The molecule has 1 heterocycles. The summed E-state index contributed by atoms with van der Waals surface area (Å²) in [6, 6.07) is 38.7. The van der Waals surface area contributed by atoms with E-state index in [0.717, 1.165) is 25.5 Å². The molecule has 32 heavy (non-hydrogen) atoms. The van der Waals surface area contributed by atoms with Crippen molar-refractivity contribution in [1.82, 2.24) is 0 Å². The van der Waals surface area contributed by atoms with Crippen LogP contribution >= 0.6 is 8.58 Å². The van der Waals surface area contributed by atoms with Crippen LogP contribution in [0, 0.1) is 0 Å². The van der Waals surface area contributed by atoms with Gasteiger partial charge in [-0.25, -0.2) is 0 Å². The van der Waals surface area contributed by atoms with Gasteiger partial charge in [-0.3, -0.25) is 0 Å². The molecule has 0 N–H and O–H groups in total. The number of ether oxygens (including phenoxy) is 1. The molecule has 1 aliphatic rings. The molecule has 6 aromatic carbocycles. The molecular weight excluding hydrogens is 407 g/mol. The van der Waals surface area contributed by atoms with Gasteiger partial charge in [0.25, 0.3) is 0 Å². The molecule has 7 rings (SSSR count). The zero-order valence-electron chi connectivity index (χ0n) is 17.3. The normalized spacial score (nSPS) is 13.0. The summed E-state index contributed by atoms with van der Waals surface area (Å²) in [5.41, 5.74) is 2.54. The first-order valence-electron chi connectivity index (χ1n) is 10.9. The van der Waals surface area contributed by atoms with Crippen LogP contribution in [0.2, 0.25) is 0 Å². The topological polar surface area (TPSA) is 9.23 Å². The lowest BCUT2D eigenvalue weighted by molar-refractivity contribution is 0.491. The standard InChI is InChI=1S/C30H19OP/c1-4-12-22-19(8-1)11-7-15-25(22)31-26-17-16-20-9-2-5-13-23(20)28(26)29-24-14-6-3-10-21(24)18-27-30(29)32-27/h1-18,32H. The van der Waals surface area contributed by atoms with Crippen LogP contribution in [0.15, 0.2) is 109 Å². The van der Waals surface area contributed by atoms with Gasteiger partial charge in [0, 0.05) is 16.5 Å². The van der Waals surface area contributed by atoms with Crippen molar-refractivity contribution in [2.45, 2.75) is 0 Å². The van der Waals surface area contributed by atoms with Gasteiger partial charge >= 0.3 is 0 Å². The SMILES string of the molecule is c1ccc2c(Oc3ccc4ccccc4c3-c3c4c(cc5ccccc35)P4)cccc2c1. The Morgan fingerprint density at radius 2 is 1.09 bits per heavy atom. The highest BCUT2D eigenvalue weighted by molar-refractivity contribution is 7.68. The third-order valence-electron chi connectivity index (χ3n) is 6.36. The summed E-state index contributed by atoms with van der Waals surface area (Å²) in [5, 5.41) is 10.3. The summed E-state index contributed by atoms with van der Waals surface area (Å²) in [6.07, 6.45) is 0. The Morgan fingerprint density at radius 3 is 1.91 bits per heavy atom. The maximum Gasteiger partial charge on any atom is 0.135 e. The molecular formula is C30H19OP. The lowest BCUT2D eigenvalue weighted by Gasteiger charge is -2.17. The minimum absolute atomic E-state index is 0.785. The molecule has 1 nitrogen and oxygen atoms in total. The van der Waals surface area contributed by atoms with Crippen LogP contribution in [0.3, 0.4) is 0 Å². The van der Waals surface area contributed by atoms with Gasteiger partial charge in [0.05, 0.1) is 0 Å². The maximum atomic E-state index is 6.72. The molecule has 0 aromatic heterocycles. The largest absolute Gasteiger partial charge is 0.456 e. The van der Waals surface area contributed by atoms with E-state index >= 15 is 0 Å². The van der Waals surface area contributed by atoms with Gasteiger partial charge in [-0.1, -0.05) is 99.6 Å². The zero-order valence-corrected chi connectivity index (χ0v) is 18.3. The van der Waals surface area contributed by atoms with Crippen molar-refractivity contribution >= 4 is 51.5 Å². The van der Waals surface area contributed by atoms with Gasteiger partial charge < -0.3 is 4.74 Å². The summed E-state index contributed by atoms with van der Waals surface area (Å²) in [6.45, 7) is 0. The molecule has 0 saturated carbocycles. The summed E-state index contributed by atoms with van der Waals surface area (Å²) >= 11 is 0. The van der Waals surface area contributed by atoms with Gasteiger partial charge in [0.2, 0.25) is 0 Å². The molecule has 6 aromatic rings. The average molecular weight is 426 g/mol. The Kier molecular flexibility index (Phi) is 3.88. The molecule has 0 spiro atoms. The molecule has 0 amide bonds. The lowest BCUT2D eigenvalue weighted by Crippen LogP contribution is -2.00. The molecule has 1 unspecified atom stereocenters. The van der Waals surface area contributed by atoms with Gasteiger partial charge in [-0.2, -0.15) is 0 Å². The molecule has 1 atom stereocenters.